The largest absolute Gasteiger partial charge is 0.356 e. The van der Waals surface area contributed by atoms with Crippen LogP contribution in [0, 0.1) is 11.2 Å². The van der Waals surface area contributed by atoms with Gasteiger partial charge in [-0.05, 0) is 56.1 Å². The maximum Gasteiger partial charge on any atom is 0.281 e. The first-order valence-corrected chi connectivity index (χ1v) is 12.7. The zero-order valence-corrected chi connectivity index (χ0v) is 18.2. The highest BCUT2D eigenvalue weighted by Gasteiger charge is 2.41. The Bertz CT molecular complexity index is 998. The van der Waals surface area contributed by atoms with Gasteiger partial charge in [-0.1, -0.05) is 24.4 Å². The molecule has 5 rings (SSSR count). The van der Waals surface area contributed by atoms with E-state index < -0.39 is 10.2 Å². The highest BCUT2D eigenvalue weighted by molar-refractivity contribution is 7.86. The van der Waals surface area contributed by atoms with E-state index in [4.69, 9.17) is 4.52 Å². The van der Waals surface area contributed by atoms with Gasteiger partial charge in [-0.3, -0.25) is 0 Å². The van der Waals surface area contributed by atoms with Gasteiger partial charge in [0.25, 0.3) is 10.2 Å². The van der Waals surface area contributed by atoms with E-state index in [0.29, 0.717) is 50.0 Å². The van der Waals surface area contributed by atoms with Gasteiger partial charge < -0.3 is 4.52 Å². The molecular formula is C22H30FN3O3S. The van der Waals surface area contributed by atoms with E-state index in [1.165, 1.54) is 44.2 Å². The van der Waals surface area contributed by atoms with E-state index in [1.807, 2.05) is 0 Å². The lowest BCUT2D eigenvalue weighted by Crippen LogP contribution is -2.51. The molecule has 8 heteroatoms. The van der Waals surface area contributed by atoms with Crippen LogP contribution in [0.5, 0.6) is 0 Å². The Morgan fingerprint density at radius 1 is 0.967 bits per heavy atom. The minimum Gasteiger partial charge on any atom is -0.356 e. The summed E-state index contributed by atoms with van der Waals surface area (Å²) in [6, 6.07) is 4.47. The van der Waals surface area contributed by atoms with E-state index in [1.54, 1.807) is 14.7 Å². The van der Waals surface area contributed by atoms with Crippen LogP contribution < -0.4 is 0 Å². The lowest BCUT2D eigenvalue weighted by molar-refractivity contribution is 0.0986. The summed E-state index contributed by atoms with van der Waals surface area (Å²) in [5.74, 6) is -0.210. The van der Waals surface area contributed by atoms with E-state index >= 15 is 0 Å². The molecule has 1 spiro atoms. The Morgan fingerprint density at radius 3 is 2.33 bits per heavy atom. The molecule has 1 saturated carbocycles. The number of hydrogen-bond acceptors (Lipinski definition) is 4. The Kier molecular flexibility index (Phi) is 5.35. The van der Waals surface area contributed by atoms with Gasteiger partial charge in [-0.15, -0.1) is 0 Å². The second kappa shape index (κ2) is 7.88. The summed E-state index contributed by atoms with van der Waals surface area (Å²) in [5.41, 5.74) is 1.66. The van der Waals surface area contributed by atoms with Crippen LogP contribution in [0.15, 0.2) is 22.7 Å². The van der Waals surface area contributed by atoms with Crippen LogP contribution in [-0.2, 0) is 10.2 Å². The maximum atomic E-state index is 13.4. The summed E-state index contributed by atoms with van der Waals surface area (Å²) in [5, 5.41) is 4.99. The van der Waals surface area contributed by atoms with E-state index in [0.717, 1.165) is 23.9 Å². The van der Waals surface area contributed by atoms with E-state index in [9.17, 15) is 12.8 Å². The highest BCUT2D eigenvalue weighted by atomic mass is 32.2. The number of fused-ring (bicyclic) bond motifs is 1. The molecule has 0 atom stereocenters. The smallest absolute Gasteiger partial charge is 0.281 e. The zero-order chi connectivity index (χ0) is 20.8. The van der Waals surface area contributed by atoms with Crippen molar-refractivity contribution in [2.24, 2.45) is 5.41 Å². The van der Waals surface area contributed by atoms with Crippen molar-refractivity contribution in [3.63, 3.8) is 0 Å². The summed E-state index contributed by atoms with van der Waals surface area (Å²) < 4.78 is 48.5. The Morgan fingerprint density at radius 2 is 1.63 bits per heavy atom. The Hall–Kier alpha value is -1.51. The van der Waals surface area contributed by atoms with Crippen LogP contribution in [0.1, 0.15) is 69.4 Å². The summed E-state index contributed by atoms with van der Waals surface area (Å²) in [6.07, 6.45) is 9.87. The second-order valence-electron chi connectivity index (χ2n) is 9.35. The molecule has 1 aromatic heterocycles. The number of rotatable bonds is 3. The number of halogens is 1. The average molecular weight is 436 g/mol. The van der Waals surface area contributed by atoms with Crippen molar-refractivity contribution >= 4 is 21.2 Å². The number of benzene rings is 1. The molecule has 3 fully saturated rings. The molecule has 0 radical (unpaired) electrons. The average Bonchev–Trinajstić information content (AvgIpc) is 3.18. The topological polar surface area (TPSA) is 66.7 Å². The molecular weight excluding hydrogens is 405 g/mol. The van der Waals surface area contributed by atoms with Gasteiger partial charge in [-0.25, -0.2) is 4.39 Å². The summed E-state index contributed by atoms with van der Waals surface area (Å²) in [7, 11) is -3.41. The van der Waals surface area contributed by atoms with E-state index in [-0.39, 0.29) is 11.7 Å². The van der Waals surface area contributed by atoms with Gasteiger partial charge in [0.1, 0.15) is 5.82 Å². The third kappa shape index (κ3) is 3.67. The molecule has 3 heterocycles. The van der Waals surface area contributed by atoms with Gasteiger partial charge in [-0.2, -0.15) is 17.0 Å². The van der Waals surface area contributed by atoms with Gasteiger partial charge in [0.05, 0.1) is 5.69 Å². The number of nitrogens with zero attached hydrogens (tertiary/aromatic N) is 3. The third-order valence-corrected chi connectivity index (χ3v) is 9.69. The highest BCUT2D eigenvalue weighted by Crippen LogP contribution is 2.45. The summed E-state index contributed by atoms with van der Waals surface area (Å²) in [6.45, 7) is 2.29. The molecule has 164 valence electrons. The van der Waals surface area contributed by atoms with Crippen LogP contribution >= 0.6 is 0 Å². The molecule has 0 bridgehead atoms. The van der Waals surface area contributed by atoms with Crippen LogP contribution in [0.25, 0.3) is 11.0 Å². The molecule has 2 saturated heterocycles. The fourth-order valence-corrected chi connectivity index (χ4v) is 7.38. The lowest BCUT2D eigenvalue weighted by atomic mass is 9.68. The Balaban J connectivity index is 1.22. The number of hydrogen-bond donors (Lipinski definition) is 0. The minimum absolute atomic E-state index is 0.134. The van der Waals surface area contributed by atoms with Crippen molar-refractivity contribution in [2.45, 2.75) is 63.7 Å². The van der Waals surface area contributed by atoms with Gasteiger partial charge >= 0.3 is 0 Å². The van der Waals surface area contributed by atoms with Crippen molar-refractivity contribution in [3.05, 3.63) is 29.7 Å². The molecule has 2 aromatic rings. The van der Waals surface area contributed by atoms with Crippen LogP contribution in [-0.4, -0.2) is 48.4 Å². The molecule has 1 aliphatic carbocycles. The number of aromatic nitrogens is 1. The predicted molar refractivity (Wildman–Crippen MR) is 113 cm³/mol. The molecule has 6 nitrogen and oxygen atoms in total. The standard InChI is InChI=1S/C22H30FN3O3S/c23-18-4-5-19-20(16-18)29-24-21(19)17-6-12-25(13-7-17)30(27,28)26-14-10-22(11-15-26)8-2-1-3-9-22/h4-5,16-17H,1-3,6-15H2. The summed E-state index contributed by atoms with van der Waals surface area (Å²) >= 11 is 0. The SMILES string of the molecule is O=S(=O)(N1CCC(c2noc3cc(F)ccc23)CC1)N1CCC2(CCCCC2)CC1. The van der Waals surface area contributed by atoms with Crippen molar-refractivity contribution < 1.29 is 17.3 Å². The molecule has 0 amide bonds. The van der Waals surface area contributed by atoms with Crippen molar-refractivity contribution in [3.8, 4) is 0 Å². The quantitative estimate of drug-likeness (QED) is 0.715. The maximum absolute atomic E-state index is 13.4. The molecule has 30 heavy (non-hydrogen) atoms. The molecule has 0 unspecified atom stereocenters. The van der Waals surface area contributed by atoms with Crippen molar-refractivity contribution in [1.82, 2.24) is 13.8 Å². The zero-order valence-electron chi connectivity index (χ0n) is 17.4. The first-order chi connectivity index (χ1) is 14.5. The van der Waals surface area contributed by atoms with Crippen LogP contribution in [0.3, 0.4) is 0 Å². The minimum atomic E-state index is -3.41. The van der Waals surface area contributed by atoms with Crippen LogP contribution in [0.4, 0.5) is 4.39 Å². The van der Waals surface area contributed by atoms with Crippen LogP contribution in [0.2, 0.25) is 0 Å². The number of piperidine rings is 2. The van der Waals surface area contributed by atoms with Gasteiger partial charge in [0, 0.05) is 43.5 Å². The first kappa shape index (κ1) is 20.4. The summed E-state index contributed by atoms with van der Waals surface area (Å²) in [4.78, 5) is 0. The predicted octanol–water partition coefficient (Wildman–Crippen LogP) is 4.44. The van der Waals surface area contributed by atoms with Crippen molar-refractivity contribution in [1.29, 1.82) is 0 Å². The van der Waals surface area contributed by atoms with Gasteiger partial charge in [0.15, 0.2) is 5.58 Å². The Labute approximate surface area is 177 Å². The monoisotopic (exact) mass is 435 g/mol. The first-order valence-electron chi connectivity index (χ1n) is 11.3. The van der Waals surface area contributed by atoms with Gasteiger partial charge in [0.2, 0.25) is 0 Å². The normalized spacial score (nSPS) is 24.6. The molecule has 0 N–H and O–H groups in total. The second-order valence-corrected chi connectivity index (χ2v) is 11.3. The van der Waals surface area contributed by atoms with E-state index in [2.05, 4.69) is 5.16 Å². The fraction of sp³-hybridized carbons (Fsp3) is 0.682. The fourth-order valence-electron chi connectivity index (χ4n) is 5.74. The third-order valence-electron chi connectivity index (χ3n) is 7.65. The lowest BCUT2D eigenvalue weighted by Gasteiger charge is -2.45. The van der Waals surface area contributed by atoms with Crippen molar-refractivity contribution in [2.75, 3.05) is 26.2 Å². The molecule has 1 aromatic carbocycles. The molecule has 3 aliphatic rings. The molecule has 2 aliphatic heterocycles.